The number of esters is 1. The number of halogens is 1. The molecule has 0 unspecified atom stereocenters. The Kier molecular flexibility index (Phi) is 4.37. The Morgan fingerprint density at radius 2 is 2.06 bits per heavy atom. The molecule has 0 aliphatic carbocycles. The summed E-state index contributed by atoms with van der Waals surface area (Å²) < 4.78 is 4.84. The molecule has 1 aromatic rings. The van der Waals surface area contributed by atoms with Crippen LogP contribution in [0.25, 0.3) is 0 Å². The molecule has 0 aromatic heterocycles. The van der Waals surface area contributed by atoms with Crippen molar-refractivity contribution in [3.8, 4) is 0 Å². The van der Waals surface area contributed by atoms with Crippen LogP contribution in [0.4, 0.5) is 0 Å². The topological polar surface area (TPSA) is 50.4 Å². The number of nitrogens with one attached hydrogen (secondary N) is 2. The third kappa shape index (κ3) is 2.43. The Balaban J connectivity index is 2.23. The van der Waals surface area contributed by atoms with Crippen molar-refractivity contribution < 1.29 is 9.53 Å². The SMILES string of the molecule is CN[C@H]1[C@H](Br)[C@@H](c2ccccc2)N[C@H]1C(=O)OC. The first-order valence-electron chi connectivity index (χ1n) is 5.89. The fourth-order valence-corrected chi connectivity index (χ4v) is 3.42. The van der Waals surface area contributed by atoms with Gasteiger partial charge in [0.05, 0.1) is 11.9 Å². The van der Waals surface area contributed by atoms with E-state index in [9.17, 15) is 4.79 Å². The molecule has 1 saturated heterocycles. The molecule has 0 spiro atoms. The van der Waals surface area contributed by atoms with E-state index in [2.05, 4.69) is 38.7 Å². The Bertz CT molecular complexity index is 413. The summed E-state index contributed by atoms with van der Waals surface area (Å²) in [4.78, 5) is 11.9. The monoisotopic (exact) mass is 312 g/mol. The minimum absolute atomic E-state index is 0.00246. The second kappa shape index (κ2) is 5.82. The maximum absolute atomic E-state index is 11.8. The van der Waals surface area contributed by atoms with Crippen LogP contribution in [0.15, 0.2) is 30.3 Å². The summed E-state index contributed by atoms with van der Waals surface area (Å²) in [6, 6.07) is 9.84. The summed E-state index contributed by atoms with van der Waals surface area (Å²) >= 11 is 3.67. The standard InChI is InChI=1S/C13H17BrN2O2/c1-15-11-9(14)10(8-6-4-3-5-7-8)16-12(11)13(17)18-2/h3-7,9-12,15-16H,1-2H3/t9-,10-,11+,12-/m1/s1. The van der Waals surface area contributed by atoms with E-state index in [1.807, 2.05) is 25.2 Å². The van der Waals surface area contributed by atoms with E-state index < -0.39 is 0 Å². The number of carbonyl (C=O) groups is 1. The number of rotatable bonds is 3. The van der Waals surface area contributed by atoms with Gasteiger partial charge in [-0.15, -0.1) is 0 Å². The van der Waals surface area contributed by atoms with Gasteiger partial charge in [0.25, 0.3) is 0 Å². The lowest BCUT2D eigenvalue weighted by atomic mass is 10.0. The first kappa shape index (κ1) is 13.5. The maximum Gasteiger partial charge on any atom is 0.324 e. The van der Waals surface area contributed by atoms with E-state index in [0.717, 1.165) is 5.56 Å². The van der Waals surface area contributed by atoms with Gasteiger partial charge in [0.15, 0.2) is 0 Å². The number of likely N-dealkylation sites (N-methyl/N-ethyl adjacent to an activating group) is 1. The number of carbonyl (C=O) groups excluding carboxylic acids is 1. The molecule has 2 N–H and O–H groups in total. The minimum atomic E-state index is -0.338. The quantitative estimate of drug-likeness (QED) is 0.651. The van der Waals surface area contributed by atoms with Gasteiger partial charge in [-0.05, 0) is 12.6 Å². The third-order valence-corrected chi connectivity index (χ3v) is 4.43. The van der Waals surface area contributed by atoms with Crippen molar-refractivity contribution in [2.45, 2.75) is 23.0 Å². The number of alkyl halides is 1. The zero-order chi connectivity index (χ0) is 13.1. The van der Waals surface area contributed by atoms with Crippen molar-refractivity contribution >= 4 is 21.9 Å². The second-order valence-corrected chi connectivity index (χ2v) is 5.37. The molecule has 0 amide bonds. The number of benzene rings is 1. The number of ether oxygens (including phenoxy) is 1. The van der Waals surface area contributed by atoms with E-state index in [1.54, 1.807) is 0 Å². The van der Waals surface area contributed by atoms with E-state index >= 15 is 0 Å². The summed E-state index contributed by atoms with van der Waals surface area (Å²) in [6.45, 7) is 0. The largest absolute Gasteiger partial charge is 0.468 e. The summed E-state index contributed by atoms with van der Waals surface area (Å²) in [5.74, 6) is -0.239. The van der Waals surface area contributed by atoms with Gasteiger partial charge < -0.3 is 10.1 Å². The van der Waals surface area contributed by atoms with Gasteiger partial charge in [0, 0.05) is 12.1 Å². The smallest absolute Gasteiger partial charge is 0.324 e. The third-order valence-electron chi connectivity index (χ3n) is 3.33. The van der Waals surface area contributed by atoms with Crippen molar-refractivity contribution in [2.75, 3.05) is 14.2 Å². The van der Waals surface area contributed by atoms with Crippen molar-refractivity contribution in [3.63, 3.8) is 0 Å². The number of methoxy groups -OCH3 is 1. The van der Waals surface area contributed by atoms with Gasteiger partial charge in [-0.3, -0.25) is 10.1 Å². The van der Waals surface area contributed by atoms with Crippen LogP contribution in [0.2, 0.25) is 0 Å². The van der Waals surface area contributed by atoms with Gasteiger partial charge in [-0.25, -0.2) is 0 Å². The average Bonchev–Trinajstić information content (AvgIpc) is 2.75. The molecule has 4 atom stereocenters. The first-order valence-corrected chi connectivity index (χ1v) is 6.80. The molecule has 1 aromatic carbocycles. The summed E-state index contributed by atoms with van der Waals surface area (Å²) in [7, 11) is 3.26. The van der Waals surface area contributed by atoms with E-state index in [0.29, 0.717) is 0 Å². The fraction of sp³-hybridized carbons (Fsp3) is 0.462. The van der Waals surface area contributed by atoms with Crippen LogP contribution in [-0.4, -0.2) is 37.0 Å². The van der Waals surface area contributed by atoms with E-state index in [1.165, 1.54) is 7.11 Å². The van der Waals surface area contributed by atoms with Crippen LogP contribution >= 0.6 is 15.9 Å². The van der Waals surface area contributed by atoms with E-state index in [4.69, 9.17) is 4.74 Å². The molecule has 4 nitrogen and oxygen atoms in total. The molecule has 1 aliphatic heterocycles. The van der Waals surface area contributed by atoms with Crippen LogP contribution < -0.4 is 10.6 Å². The van der Waals surface area contributed by atoms with Crippen LogP contribution in [0.1, 0.15) is 11.6 Å². The maximum atomic E-state index is 11.8. The summed E-state index contributed by atoms with van der Waals surface area (Å²) in [5.41, 5.74) is 1.16. The summed E-state index contributed by atoms with van der Waals surface area (Å²) in [5, 5.41) is 6.49. The second-order valence-electron chi connectivity index (χ2n) is 4.31. The van der Waals surface area contributed by atoms with Gasteiger partial charge in [-0.1, -0.05) is 46.3 Å². The highest BCUT2D eigenvalue weighted by atomic mass is 79.9. The molecule has 0 saturated carbocycles. The normalized spacial score (nSPS) is 31.3. The molecule has 2 rings (SSSR count). The van der Waals surface area contributed by atoms with Crippen LogP contribution in [0.3, 0.4) is 0 Å². The highest BCUT2D eigenvalue weighted by Gasteiger charge is 2.45. The lowest BCUT2D eigenvalue weighted by Crippen LogP contribution is -2.47. The molecule has 5 heteroatoms. The molecule has 1 fully saturated rings. The molecule has 98 valence electrons. The van der Waals surface area contributed by atoms with Gasteiger partial charge in [0.2, 0.25) is 0 Å². The predicted octanol–water partition coefficient (Wildman–Crippen LogP) is 1.22. The molecular weight excluding hydrogens is 296 g/mol. The average molecular weight is 313 g/mol. The highest BCUT2D eigenvalue weighted by Crippen LogP contribution is 2.33. The predicted molar refractivity (Wildman–Crippen MR) is 73.7 cm³/mol. The molecule has 1 aliphatic rings. The molecule has 18 heavy (non-hydrogen) atoms. The first-order chi connectivity index (χ1) is 8.69. The minimum Gasteiger partial charge on any atom is -0.468 e. The lowest BCUT2D eigenvalue weighted by Gasteiger charge is -2.19. The Morgan fingerprint density at radius 1 is 1.39 bits per heavy atom. The molecule has 1 heterocycles. The molecule has 0 radical (unpaired) electrons. The zero-order valence-corrected chi connectivity index (χ0v) is 12.0. The molecular formula is C13H17BrN2O2. The van der Waals surface area contributed by atoms with Crippen molar-refractivity contribution in [3.05, 3.63) is 35.9 Å². The Morgan fingerprint density at radius 3 is 2.61 bits per heavy atom. The fourth-order valence-electron chi connectivity index (χ4n) is 2.39. The van der Waals surface area contributed by atoms with Gasteiger partial charge in [-0.2, -0.15) is 0 Å². The van der Waals surface area contributed by atoms with Crippen LogP contribution in [0, 0.1) is 0 Å². The van der Waals surface area contributed by atoms with Crippen molar-refractivity contribution in [2.24, 2.45) is 0 Å². The van der Waals surface area contributed by atoms with Crippen molar-refractivity contribution in [1.29, 1.82) is 0 Å². The summed E-state index contributed by atoms with van der Waals surface area (Å²) in [6.07, 6.45) is 0. The Labute approximate surface area is 115 Å². The van der Waals surface area contributed by atoms with Gasteiger partial charge >= 0.3 is 5.97 Å². The van der Waals surface area contributed by atoms with Gasteiger partial charge in [0.1, 0.15) is 6.04 Å². The Hall–Kier alpha value is -0.910. The highest BCUT2D eigenvalue weighted by molar-refractivity contribution is 9.09. The van der Waals surface area contributed by atoms with Crippen molar-refractivity contribution in [1.82, 2.24) is 10.6 Å². The van der Waals surface area contributed by atoms with E-state index in [-0.39, 0.29) is 28.9 Å². The number of hydrogen-bond donors (Lipinski definition) is 2. The van der Waals surface area contributed by atoms with Crippen LogP contribution in [0.5, 0.6) is 0 Å². The number of hydrogen-bond acceptors (Lipinski definition) is 4. The zero-order valence-electron chi connectivity index (χ0n) is 10.4. The lowest BCUT2D eigenvalue weighted by molar-refractivity contribution is -0.143. The molecule has 0 bridgehead atoms. The van der Waals surface area contributed by atoms with Crippen LogP contribution in [-0.2, 0) is 9.53 Å².